The predicted molar refractivity (Wildman–Crippen MR) is 69.8 cm³/mol. The van der Waals surface area contributed by atoms with Gasteiger partial charge in [-0.3, -0.25) is 0 Å². The summed E-state index contributed by atoms with van der Waals surface area (Å²) < 4.78 is 26.8. The fourth-order valence-electron chi connectivity index (χ4n) is 1.79. The molecule has 0 aliphatic heterocycles. The van der Waals surface area contributed by atoms with Gasteiger partial charge in [-0.1, -0.05) is 12.2 Å². The Kier molecular flexibility index (Phi) is 3.08. The maximum absolute atomic E-state index is 13.6. The van der Waals surface area contributed by atoms with E-state index in [-0.39, 0.29) is 12.0 Å². The van der Waals surface area contributed by atoms with E-state index in [1.54, 1.807) is 30.4 Å². The summed E-state index contributed by atoms with van der Waals surface area (Å²) in [5.74, 6) is -0.327. The van der Waals surface area contributed by atoms with Crippen LogP contribution in [0.15, 0.2) is 42.0 Å². The maximum atomic E-state index is 13.6. The van der Waals surface area contributed by atoms with Gasteiger partial charge in [0.15, 0.2) is 0 Å². The molecule has 1 aliphatic rings. The van der Waals surface area contributed by atoms with Crippen molar-refractivity contribution in [1.82, 2.24) is 8.75 Å². The van der Waals surface area contributed by atoms with Crippen molar-refractivity contribution in [2.24, 2.45) is 0 Å². The lowest BCUT2D eigenvalue weighted by Crippen LogP contribution is -2.20. The second-order valence-electron chi connectivity index (χ2n) is 4.06. The van der Waals surface area contributed by atoms with Crippen LogP contribution in [0.4, 0.5) is 4.39 Å². The van der Waals surface area contributed by atoms with Crippen molar-refractivity contribution in [3.63, 3.8) is 0 Å². The Hall–Kier alpha value is -2.08. The topological polar surface area (TPSA) is 52.1 Å². The van der Waals surface area contributed by atoms with Crippen LogP contribution in [-0.4, -0.2) is 20.9 Å². The summed E-state index contributed by atoms with van der Waals surface area (Å²) in [5, 5.41) is 0. The van der Waals surface area contributed by atoms with E-state index in [4.69, 9.17) is 4.74 Å². The van der Waals surface area contributed by atoms with Crippen LogP contribution in [0, 0.1) is 0 Å². The lowest BCUT2D eigenvalue weighted by molar-refractivity contribution is -0.130. The van der Waals surface area contributed by atoms with Crippen LogP contribution in [0.5, 0.6) is 5.75 Å². The third-order valence-corrected chi connectivity index (χ3v) is 3.32. The van der Waals surface area contributed by atoms with Crippen LogP contribution in [0.25, 0.3) is 11.0 Å². The molecule has 0 saturated carbocycles. The van der Waals surface area contributed by atoms with E-state index in [9.17, 15) is 9.18 Å². The molecule has 1 aromatic heterocycles. The Morgan fingerprint density at radius 2 is 2.21 bits per heavy atom. The van der Waals surface area contributed by atoms with Crippen LogP contribution >= 0.6 is 11.7 Å². The molecule has 19 heavy (non-hydrogen) atoms. The number of allylic oxidation sites excluding steroid dienone is 3. The van der Waals surface area contributed by atoms with E-state index in [2.05, 4.69) is 8.75 Å². The van der Waals surface area contributed by atoms with Crippen LogP contribution < -0.4 is 4.74 Å². The molecule has 1 aliphatic carbocycles. The summed E-state index contributed by atoms with van der Waals surface area (Å²) in [5.41, 5.74) is 1.44. The molecule has 0 saturated heterocycles. The van der Waals surface area contributed by atoms with Crippen molar-refractivity contribution in [3.8, 4) is 5.75 Å². The molecule has 1 heterocycles. The molecule has 0 radical (unpaired) electrons. The number of hydrogen-bond acceptors (Lipinski definition) is 5. The maximum Gasteiger partial charge on any atom is 0.342 e. The molecule has 1 aromatic carbocycles. The molecule has 96 valence electrons. The minimum atomic E-state index is -1.30. The summed E-state index contributed by atoms with van der Waals surface area (Å²) in [6.45, 7) is 0. The van der Waals surface area contributed by atoms with Crippen LogP contribution in [0.3, 0.4) is 0 Å². The molecule has 2 aromatic rings. The van der Waals surface area contributed by atoms with Gasteiger partial charge in [-0.2, -0.15) is 8.75 Å². The zero-order valence-electron chi connectivity index (χ0n) is 9.75. The van der Waals surface area contributed by atoms with Crippen LogP contribution in [-0.2, 0) is 4.79 Å². The number of alkyl halides is 1. The summed E-state index contributed by atoms with van der Waals surface area (Å²) in [4.78, 5) is 11.9. The normalized spacial score (nSPS) is 18.4. The molecular weight excluding hydrogens is 267 g/mol. The highest BCUT2D eigenvalue weighted by molar-refractivity contribution is 7.00. The van der Waals surface area contributed by atoms with Gasteiger partial charge >= 0.3 is 5.97 Å². The first-order valence-electron chi connectivity index (χ1n) is 5.69. The van der Waals surface area contributed by atoms with Crippen molar-refractivity contribution in [2.45, 2.75) is 12.6 Å². The predicted octanol–water partition coefficient (Wildman–Crippen LogP) is 2.82. The average Bonchev–Trinajstić information content (AvgIpc) is 2.86. The Morgan fingerprint density at radius 1 is 1.37 bits per heavy atom. The lowest BCUT2D eigenvalue weighted by atomic mass is 10.0. The highest BCUT2D eigenvalue weighted by atomic mass is 32.1. The number of hydrogen-bond donors (Lipinski definition) is 0. The Balaban J connectivity index is 1.82. The highest BCUT2D eigenvalue weighted by Crippen LogP contribution is 2.22. The van der Waals surface area contributed by atoms with Gasteiger partial charge in [-0.25, -0.2) is 9.18 Å². The standard InChI is InChI=1S/C13H9FN2O2S/c14-10-4-2-1-3-9(10)13(17)18-8-5-6-11-12(7-8)16-19-15-11/h1-3,5-7,10H,4H2. The Morgan fingerprint density at radius 3 is 3.05 bits per heavy atom. The zero-order chi connectivity index (χ0) is 13.2. The molecule has 0 bridgehead atoms. The third kappa shape index (κ3) is 2.39. The van der Waals surface area contributed by atoms with Gasteiger partial charge in [0.05, 0.1) is 17.3 Å². The van der Waals surface area contributed by atoms with E-state index >= 15 is 0 Å². The zero-order valence-corrected chi connectivity index (χ0v) is 10.6. The highest BCUT2D eigenvalue weighted by Gasteiger charge is 2.22. The molecule has 1 atom stereocenters. The third-order valence-electron chi connectivity index (χ3n) is 2.76. The first-order valence-corrected chi connectivity index (χ1v) is 6.42. The average molecular weight is 276 g/mol. The number of benzene rings is 1. The number of carbonyl (C=O) groups excluding carboxylic acids is 1. The number of esters is 1. The number of rotatable bonds is 2. The van der Waals surface area contributed by atoms with E-state index < -0.39 is 12.1 Å². The first-order chi connectivity index (χ1) is 9.24. The lowest BCUT2D eigenvalue weighted by Gasteiger charge is -2.12. The van der Waals surface area contributed by atoms with Crippen molar-refractivity contribution in [1.29, 1.82) is 0 Å². The Bertz CT molecular complexity index is 693. The van der Waals surface area contributed by atoms with Crippen LogP contribution in [0.1, 0.15) is 6.42 Å². The smallest absolute Gasteiger partial charge is 0.342 e. The van der Waals surface area contributed by atoms with E-state index in [1.165, 1.54) is 6.08 Å². The number of fused-ring (bicyclic) bond motifs is 1. The number of aromatic nitrogens is 2. The molecule has 3 rings (SSSR count). The van der Waals surface area contributed by atoms with Crippen molar-refractivity contribution >= 4 is 28.7 Å². The second kappa shape index (κ2) is 4.89. The molecular formula is C13H9FN2O2S. The SMILES string of the molecule is O=C(Oc1ccc2nsnc2c1)C1=CC=CCC1F. The summed E-state index contributed by atoms with van der Waals surface area (Å²) >= 11 is 1.09. The van der Waals surface area contributed by atoms with Gasteiger partial charge < -0.3 is 4.74 Å². The van der Waals surface area contributed by atoms with E-state index in [1.807, 2.05) is 0 Å². The molecule has 0 fully saturated rings. The summed E-state index contributed by atoms with van der Waals surface area (Å²) in [6, 6.07) is 4.95. The van der Waals surface area contributed by atoms with Gasteiger partial charge in [0.1, 0.15) is 23.0 Å². The molecule has 0 spiro atoms. The van der Waals surface area contributed by atoms with Crippen LogP contribution in [0.2, 0.25) is 0 Å². The second-order valence-corrected chi connectivity index (χ2v) is 4.59. The van der Waals surface area contributed by atoms with Gasteiger partial charge in [-0.05, 0) is 18.2 Å². The number of ether oxygens (including phenoxy) is 1. The summed E-state index contributed by atoms with van der Waals surface area (Å²) in [7, 11) is 0. The molecule has 0 amide bonds. The number of carbonyl (C=O) groups is 1. The number of halogens is 1. The van der Waals surface area contributed by atoms with Crippen molar-refractivity contribution in [2.75, 3.05) is 0 Å². The minimum Gasteiger partial charge on any atom is -0.423 e. The van der Waals surface area contributed by atoms with Crippen molar-refractivity contribution < 1.29 is 13.9 Å². The summed E-state index contributed by atoms with van der Waals surface area (Å²) in [6.07, 6.45) is 3.67. The van der Waals surface area contributed by atoms with E-state index in [0.717, 1.165) is 17.2 Å². The van der Waals surface area contributed by atoms with Gasteiger partial charge in [0, 0.05) is 12.5 Å². The molecule has 4 nitrogen and oxygen atoms in total. The minimum absolute atomic E-state index is 0.0407. The monoisotopic (exact) mass is 276 g/mol. The molecule has 0 N–H and O–H groups in total. The largest absolute Gasteiger partial charge is 0.423 e. The number of nitrogens with zero attached hydrogens (tertiary/aromatic N) is 2. The van der Waals surface area contributed by atoms with Gasteiger partial charge in [0.25, 0.3) is 0 Å². The van der Waals surface area contributed by atoms with Gasteiger partial charge in [0.2, 0.25) is 0 Å². The first kappa shape index (κ1) is 12.0. The fourth-order valence-corrected chi connectivity index (χ4v) is 2.31. The molecule has 6 heteroatoms. The Labute approximate surface area is 112 Å². The molecule has 1 unspecified atom stereocenters. The quantitative estimate of drug-likeness (QED) is 0.625. The van der Waals surface area contributed by atoms with Gasteiger partial charge in [-0.15, -0.1) is 0 Å². The fraction of sp³-hybridized carbons (Fsp3) is 0.154. The van der Waals surface area contributed by atoms with E-state index in [0.29, 0.717) is 11.3 Å². The van der Waals surface area contributed by atoms with Crippen molar-refractivity contribution in [3.05, 3.63) is 42.0 Å².